The zero-order valence-electron chi connectivity index (χ0n) is 14.1. The van der Waals surface area contributed by atoms with Gasteiger partial charge in [0.05, 0.1) is 6.10 Å². The van der Waals surface area contributed by atoms with Gasteiger partial charge in [-0.05, 0) is 62.6 Å². The minimum absolute atomic E-state index is 0.476. The summed E-state index contributed by atoms with van der Waals surface area (Å²) >= 11 is 0. The molecule has 0 radical (unpaired) electrons. The molecule has 21 heavy (non-hydrogen) atoms. The minimum Gasteiger partial charge on any atom is -0.378 e. The van der Waals surface area contributed by atoms with Crippen LogP contribution < -0.4 is 5.32 Å². The van der Waals surface area contributed by atoms with Crippen LogP contribution in [0.25, 0.3) is 0 Å². The molecular formula is C19H31NO. The van der Waals surface area contributed by atoms with Gasteiger partial charge in [-0.15, -0.1) is 0 Å². The highest BCUT2D eigenvalue weighted by Gasteiger charge is 2.31. The van der Waals surface area contributed by atoms with E-state index < -0.39 is 0 Å². The summed E-state index contributed by atoms with van der Waals surface area (Å²) in [6, 6.07) is 9.70. The summed E-state index contributed by atoms with van der Waals surface area (Å²) in [6.07, 6.45) is 5.41. The molecule has 1 N–H and O–H groups in total. The van der Waals surface area contributed by atoms with Gasteiger partial charge in [0.1, 0.15) is 0 Å². The van der Waals surface area contributed by atoms with Gasteiger partial charge in [0.25, 0.3) is 0 Å². The Labute approximate surface area is 130 Å². The average Bonchev–Trinajstić information content (AvgIpc) is 2.49. The van der Waals surface area contributed by atoms with Crippen molar-refractivity contribution in [2.75, 3.05) is 13.7 Å². The first kappa shape index (κ1) is 16.5. The van der Waals surface area contributed by atoms with Crippen molar-refractivity contribution >= 4 is 0 Å². The van der Waals surface area contributed by atoms with E-state index in [1.54, 1.807) is 0 Å². The fraction of sp³-hybridized carbons (Fsp3) is 0.684. The number of nitrogens with one attached hydrogen (secondary N) is 1. The largest absolute Gasteiger partial charge is 0.378 e. The molecule has 1 aromatic carbocycles. The number of ether oxygens (including phenoxy) is 1. The zero-order chi connectivity index (χ0) is 15.2. The molecule has 0 aromatic heterocycles. The zero-order valence-corrected chi connectivity index (χ0v) is 14.1. The second-order valence-corrected chi connectivity index (χ2v) is 6.47. The number of hydrogen-bond acceptors (Lipinski definition) is 2. The van der Waals surface area contributed by atoms with Crippen molar-refractivity contribution in [2.45, 2.75) is 64.5 Å². The third-order valence-corrected chi connectivity index (χ3v) is 5.03. The van der Waals surface area contributed by atoms with Gasteiger partial charge in [0.2, 0.25) is 0 Å². The van der Waals surface area contributed by atoms with Crippen LogP contribution in [0.3, 0.4) is 0 Å². The lowest BCUT2D eigenvalue weighted by Crippen LogP contribution is -2.34. The van der Waals surface area contributed by atoms with E-state index >= 15 is 0 Å². The first-order chi connectivity index (χ1) is 10.2. The highest BCUT2D eigenvalue weighted by Crippen LogP contribution is 2.37. The summed E-state index contributed by atoms with van der Waals surface area (Å²) in [4.78, 5) is 0. The summed E-state index contributed by atoms with van der Waals surface area (Å²) in [5.41, 5.74) is 2.88. The first-order valence-electron chi connectivity index (χ1n) is 8.56. The van der Waals surface area contributed by atoms with E-state index in [0.717, 1.165) is 12.5 Å². The summed E-state index contributed by atoms with van der Waals surface area (Å²) in [5, 5.41) is 3.49. The average molecular weight is 289 g/mol. The molecule has 1 aromatic rings. The Morgan fingerprint density at radius 2 is 1.76 bits per heavy atom. The van der Waals surface area contributed by atoms with Crippen molar-refractivity contribution in [3.05, 3.63) is 35.4 Å². The van der Waals surface area contributed by atoms with Gasteiger partial charge in [0, 0.05) is 12.6 Å². The number of hydrogen-bond donors (Lipinski definition) is 1. The summed E-state index contributed by atoms with van der Waals surface area (Å²) in [6.45, 7) is 7.49. The van der Waals surface area contributed by atoms with E-state index in [2.05, 4.69) is 57.4 Å². The topological polar surface area (TPSA) is 21.3 Å². The van der Waals surface area contributed by atoms with Gasteiger partial charge in [-0.2, -0.15) is 0 Å². The number of rotatable bonds is 8. The Kier molecular flexibility index (Phi) is 6.25. The second kappa shape index (κ2) is 7.95. The van der Waals surface area contributed by atoms with E-state index in [-0.39, 0.29) is 0 Å². The Morgan fingerprint density at radius 1 is 1.14 bits per heavy atom. The molecule has 2 rings (SSSR count). The molecule has 118 valence electrons. The molecule has 2 atom stereocenters. The molecule has 1 fully saturated rings. The molecule has 0 saturated heterocycles. The van der Waals surface area contributed by atoms with Crippen LogP contribution in [0.15, 0.2) is 24.3 Å². The van der Waals surface area contributed by atoms with Gasteiger partial charge < -0.3 is 10.1 Å². The Bertz CT molecular complexity index is 408. The maximum absolute atomic E-state index is 5.66. The predicted octanol–water partition coefficient (Wildman–Crippen LogP) is 4.67. The Morgan fingerprint density at radius 3 is 2.29 bits per heavy atom. The number of benzene rings is 1. The highest BCUT2D eigenvalue weighted by molar-refractivity contribution is 5.27. The molecule has 0 amide bonds. The highest BCUT2D eigenvalue weighted by atomic mass is 16.5. The Balaban J connectivity index is 1.89. The van der Waals surface area contributed by atoms with Gasteiger partial charge >= 0.3 is 0 Å². The van der Waals surface area contributed by atoms with Crippen LogP contribution in [-0.4, -0.2) is 19.8 Å². The van der Waals surface area contributed by atoms with Gasteiger partial charge in [-0.1, -0.05) is 38.1 Å². The smallest absolute Gasteiger partial charge is 0.0580 e. The quantitative estimate of drug-likeness (QED) is 0.751. The van der Waals surface area contributed by atoms with Gasteiger partial charge in [0.15, 0.2) is 0 Å². The van der Waals surface area contributed by atoms with Crippen LogP contribution in [0, 0.1) is 5.92 Å². The summed E-state index contributed by atoms with van der Waals surface area (Å²) in [5.74, 6) is 1.47. The molecule has 1 saturated carbocycles. The lowest BCUT2D eigenvalue weighted by molar-refractivity contribution is -0.0289. The van der Waals surface area contributed by atoms with Crippen LogP contribution in [-0.2, 0) is 4.74 Å². The summed E-state index contributed by atoms with van der Waals surface area (Å²) < 4.78 is 5.66. The van der Waals surface area contributed by atoms with E-state index in [1.807, 2.05) is 0 Å². The van der Waals surface area contributed by atoms with Crippen molar-refractivity contribution in [1.29, 1.82) is 0 Å². The molecule has 2 unspecified atom stereocenters. The second-order valence-electron chi connectivity index (χ2n) is 6.47. The standard InChI is InChI=1S/C19H31NO/c1-5-14(3)16-7-9-17(10-8-16)19(20-4)13-15-11-18(12-15)21-6-2/h7-10,14-15,18-20H,5-6,11-13H2,1-4H3. The van der Waals surface area contributed by atoms with Gasteiger partial charge in [-0.25, -0.2) is 0 Å². The molecule has 2 heteroatoms. The molecule has 0 spiro atoms. The lowest BCUT2D eigenvalue weighted by atomic mass is 9.77. The molecule has 1 aliphatic rings. The van der Waals surface area contributed by atoms with E-state index in [9.17, 15) is 0 Å². The van der Waals surface area contributed by atoms with Gasteiger partial charge in [-0.3, -0.25) is 0 Å². The van der Waals surface area contributed by atoms with Crippen LogP contribution in [0.1, 0.15) is 69.5 Å². The van der Waals surface area contributed by atoms with Crippen LogP contribution >= 0.6 is 0 Å². The van der Waals surface area contributed by atoms with Crippen LogP contribution in [0.5, 0.6) is 0 Å². The normalized spacial score (nSPS) is 24.4. The van der Waals surface area contributed by atoms with E-state index in [0.29, 0.717) is 18.1 Å². The van der Waals surface area contributed by atoms with E-state index in [1.165, 1.54) is 36.8 Å². The van der Waals surface area contributed by atoms with Crippen molar-refractivity contribution in [1.82, 2.24) is 5.32 Å². The SMILES string of the molecule is CCOC1CC(CC(NC)c2ccc(C(C)CC)cc2)C1. The molecule has 2 nitrogen and oxygen atoms in total. The maximum atomic E-state index is 5.66. The molecule has 1 aliphatic carbocycles. The third kappa shape index (κ3) is 4.31. The minimum atomic E-state index is 0.476. The lowest BCUT2D eigenvalue weighted by Gasteiger charge is -2.37. The van der Waals surface area contributed by atoms with E-state index in [4.69, 9.17) is 4.74 Å². The Hall–Kier alpha value is -0.860. The fourth-order valence-corrected chi connectivity index (χ4v) is 3.29. The van der Waals surface area contributed by atoms with Crippen molar-refractivity contribution in [2.24, 2.45) is 5.92 Å². The molecular weight excluding hydrogens is 258 g/mol. The molecule has 0 aliphatic heterocycles. The first-order valence-corrected chi connectivity index (χ1v) is 8.56. The monoisotopic (exact) mass is 289 g/mol. The summed E-state index contributed by atoms with van der Waals surface area (Å²) in [7, 11) is 2.08. The van der Waals surface area contributed by atoms with Crippen LogP contribution in [0.4, 0.5) is 0 Å². The van der Waals surface area contributed by atoms with Crippen molar-refractivity contribution in [3.8, 4) is 0 Å². The fourth-order valence-electron chi connectivity index (χ4n) is 3.29. The maximum Gasteiger partial charge on any atom is 0.0580 e. The molecule has 0 heterocycles. The third-order valence-electron chi connectivity index (χ3n) is 5.03. The predicted molar refractivity (Wildman–Crippen MR) is 89.7 cm³/mol. The van der Waals surface area contributed by atoms with Crippen LogP contribution in [0.2, 0.25) is 0 Å². The van der Waals surface area contributed by atoms with Crippen molar-refractivity contribution in [3.63, 3.8) is 0 Å². The van der Waals surface area contributed by atoms with Crippen molar-refractivity contribution < 1.29 is 4.74 Å². The molecule has 0 bridgehead atoms.